The molecule has 2 fully saturated rings. The number of ether oxygens (including phenoxy) is 4. The zero-order valence-corrected chi connectivity index (χ0v) is 28.5. The van der Waals surface area contributed by atoms with Crippen molar-refractivity contribution in [3.63, 3.8) is 0 Å². The Bertz CT molecular complexity index is 1780. The van der Waals surface area contributed by atoms with Crippen LogP contribution in [0.15, 0.2) is 77.7 Å². The number of alkyl carbamates (subject to hydrolysis) is 1. The zero-order valence-electron chi connectivity index (χ0n) is 27.7. The van der Waals surface area contributed by atoms with Crippen molar-refractivity contribution in [1.82, 2.24) is 9.62 Å². The van der Waals surface area contributed by atoms with Crippen LogP contribution >= 0.6 is 0 Å². The van der Waals surface area contributed by atoms with E-state index in [2.05, 4.69) is 11.4 Å². The number of fused-ring (bicyclic) bond motifs is 1. The summed E-state index contributed by atoms with van der Waals surface area (Å²) in [5.74, 6) is 0.324. The van der Waals surface area contributed by atoms with Gasteiger partial charge in [-0.15, -0.1) is 0 Å². The number of aliphatic hydroxyl groups is 1. The third-order valence-corrected chi connectivity index (χ3v) is 10.3. The smallest absolute Gasteiger partial charge is 0.407 e. The molecule has 1 unspecified atom stereocenters. The normalized spacial score (nSPS) is 19.8. The molecule has 0 bridgehead atoms. The molecular weight excluding hydrogens is 668 g/mol. The number of hydrogen-bond donors (Lipinski definition) is 2. The van der Waals surface area contributed by atoms with E-state index in [1.165, 1.54) is 0 Å². The van der Waals surface area contributed by atoms with Crippen LogP contribution in [0.3, 0.4) is 0 Å². The number of nitro benzene ring substituents is 1. The first-order valence-electron chi connectivity index (χ1n) is 16.3. The van der Waals surface area contributed by atoms with E-state index in [1.54, 1.807) is 42.5 Å². The van der Waals surface area contributed by atoms with Crippen LogP contribution in [0.2, 0.25) is 0 Å². The maximum atomic E-state index is 13.7. The van der Waals surface area contributed by atoms with Gasteiger partial charge in [-0.05, 0) is 66.3 Å². The van der Waals surface area contributed by atoms with Crippen molar-refractivity contribution in [1.29, 1.82) is 5.26 Å². The number of rotatable bonds is 15. The number of sulfonamides is 1. The van der Waals surface area contributed by atoms with Gasteiger partial charge < -0.3 is 29.4 Å². The highest BCUT2D eigenvalue weighted by molar-refractivity contribution is 7.89. The van der Waals surface area contributed by atoms with Gasteiger partial charge in [0.15, 0.2) is 6.29 Å². The number of hydrogen-bond acceptors (Lipinski definition) is 11. The van der Waals surface area contributed by atoms with Gasteiger partial charge in [0.05, 0.1) is 52.7 Å². The van der Waals surface area contributed by atoms with E-state index in [0.29, 0.717) is 24.3 Å². The van der Waals surface area contributed by atoms with Gasteiger partial charge in [-0.3, -0.25) is 10.1 Å². The summed E-state index contributed by atoms with van der Waals surface area (Å²) in [4.78, 5) is 23.6. The largest absolute Gasteiger partial charge is 0.489 e. The van der Waals surface area contributed by atoms with E-state index in [9.17, 15) is 28.4 Å². The number of nitrogens with one attached hydrogen (secondary N) is 1. The lowest BCUT2D eigenvalue weighted by Gasteiger charge is -2.31. The molecule has 5 rings (SSSR count). The number of nitro groups is 1. The molecule has 5 atom stereocenters. The van der Waals surface area contributed by atoms with E-state index in [1.807, 2.05) is 19.9 Å². The summed E-state index contributed by atoms with van der Waals surface area (Å²) >= 11 is 0. The molecule has 0 spiro atoms. The summed E-state index contributed by atoms with van der Waals surface area (Å²) in [6.07, 6.45) is -2.35. The lowest BCUT2D eigenvalue weighted by molar-refractivity contribution is -0.384. The Balaban J connectivity index is 1.32. The molecule has 1 amide bonds. The van der Waals surface area contributed by atoms with Gasteiger partial charge in [0.1, 0.15) is 18.5 Å². The molecule has 2 heterocycles. The first-order chi connectivity index (χ1) is 23.9. The molecule has 3 aromatic carbocycles. The molecular formula is C35H40N4O10S. The monoisotopic (exact) mass is 708 g/mol. The SMILES string of the molecule is CC(C)CN(C[C@@H](O)[C@H](Cc1ccc(OCc2cccc(C#N)c2)cc1)NC(=O)OC1CO[C@H]2OCC[C@@H]12)S(=O)(=O)c1ccc([N+](=O)[O-])cc1. The second kappa shape index (κ2) is 16.4. The number of non-ortho nitro benzene ring substituents is 1. The molecule has 15 heteroatoms. The average Bonchev–Trinajstić information content (AvgIpc) is 3.72. The topological polar surface area (TPSA) is 191 Å². The van der Waals surface area contributed by atoms with Gasteiger partial charge in [0.2, 0.25) is 10.0 Å². The molecule has 3 aromatic rings. The average molecular weight is 709 g/mol. The summed E-state index contributed by atoms with van der Waals surface area (Å²) in [6.45, 7) is 4.23. The molecule has 2 aliphatic rings. The first kappa shape index (κ1) is 36.7. The van der Waals surface area contributed by atoms with E-state index in [-0.39, 0.29) is 55.1 Å². The van der Waals surface area contributed by atoms with E-state index in [4.69, 9.17) is 24.2 Å². The van der Waals surface area contributed by atoms with Gasteiger partial charge in [0.25, 0.3) is 5.69 Å². The maximum absolute atomic E-state index is 13.7. The molecule has 14 nitrogen and oxygen atoms in total. The summed E-state index contributed by atoms with van der Waals surface area (Å²) in [6, 6.07) is 19.8. The third kappa shape index (κ3) is 9.34. The van der Waals surface area contributed by atoms with E-state index in [0.717, 1.165) is 39.7 Å². The molecule has 50 heavy (non-hydrogen) atoms. The highest BCUT2D eigenvalue weighted by Gasteiger charge is 2.44. The Labute approximate surface area is 290 Å². The Hall–Kier alpha value is -4.59. The zero-order chi connectivity index (χ0) is 35.8. The number of carbonyl (C=O) groups is 1. The van der Waals surface area contributed by atoms with Crippen LogP contribution in [0.5, 0.6) is 5.75 Å². The molecule has 0 saturated carbocycles. The van der Waals surface area contributed by atoms with Crippen LogP contribution in [0, 0.1) is 33.3 Å². The second-order valence-corrected chi connectivity index (χ2v) is 14.6. The van der Waals surface area contributed by atoms with Crippen LogP contribution in [-0.4, -0.2) is 79.7 Å². The quantitative estimate of drug-likeness (QED) is 0.170. The first-order valence-corrected chi connectivity index (χ1v) is 17.7. The maximum Gasteiger partial charge on any atom is 0.407 e. The number of amides is 1. The van der Waals surface area contributed by atoms with Crippen molar-refractivity contribution in [3.05, 3.63) is 99.6 Å². The fourth-order valence-electron chi connectivity index (χ4n) is 5.93. The Morgan fingerprint density at radius 2 is 1.84 bits per heavy atom. The van der Waals surface area contributed by atoms with Crippen LogP contribution < -0.4 is 10.1 Å². The predicted molar refractivity (Wildman–Crippen MR) is 179 cm³/mol. The second-order valence-electron chi connectivity index (χ2n) is 12.7. The van der Waals surface area contributed by atoms with Crippen molar-refractivity contribution in [2.45, 2.75) is 62.7 Å². The molecule has 2 N–H and O–H groups in total. The number of carbonyl (C=O) groups excluding carboxylic acids is 1. The van der Waals surface area contributed by atoms with Crippen LogP contribution in [0.4, 0.5) is 10.5 Å². The van der Waals surface area contributed by atoms with Crippen molar-refractivity contribution < 1.29 is 42.2 Å². The van der Waals surface area contributed by atoms with Crippen molar-refractivity contribution >= 4 is 21.8 Å². The van der Waals surface area contributed by atoms with Crippen LogP contribution in [-0.2, 0) is 37.3 Å². The molecule has 2 aliphatic heterocycles. The van der Waals surface area contributed by atoms with Gasteiger partial charge in [0, 0.05) is 25.2 Å². The van der Waals surface area contributed by atoms with E-state index >= 15 is 0 Å². The fourth-order valence-corrected chi connectivity index (χ4v) is 7.55. The highest BCUT2D eigenvalue weighted by Crippen LogP contribution is 2.33. The summed E-state index contributed by atoms with van der Waals surface area (Å²) in [5.41, 5.74) is 1.82. The summed E-state index contributed by atoms with van der Waals surface area (Å²) in [7, 11) is -4.19. The molecule has 0 aromatic heterocycles. The standard InChI is InChI=1S/C35H40N4O10S/c1-23(2)19-38(50(44,45)29-12-8-27(9-13-29)39(42)43)20-32(40)31(37-35(41)49-33-22-48-34-30(33)14-15-46-34)17-24-6-10-28(11-7-24)47-21-26-5-3-4-25(16-26)18-36/h3-13,16,23,30-34,40H,14-15,17,19-22H2,1-2H3,(H,37,41)/t30-,31-,32+,33?,34+/m0/s1. The number of nitriles is 1. The van der Waals surface area contributed by atoms with Crippen LogP contribution in [0.25, 0.3) is 0 Å². The number of nitrogens with zero attached hydrogens (tertiary/aromatic N) is 3. The summed E-state index contributed by atoms with van der Waals surface area (Å²) < 4.78 is 51.3. The van der Waals surface area contributed by atoms with Gasteiger partial charge in [-0.1, -0.05) is 38.1 Å². The fraction of sp³-hybridized carbons (Fsp3) is 0.429. The lowest BCUT2D eigenvalue weighted by Crippen LogP contribution is -2.51. The minimum absolute atomic E-state index is 0.0410. The minimum atomic E-state index is -4.19. The molecule has 0 radical (unpaired) electrons. The van der Waals surface area contributed by atoms with Crippen molar-refractivity contribution in [2.75, 3.05) is 26.3 Å². The summed E-state index contributed by atoms with van der Waals surface area (Å²) in [5, 5.41) is 34.6. The predicted octanol–water partition coefficient (Wildman–Crippen LogP) is 4.15. The van der Waals surface area contributed by atoms with Crippen molar-refractivity contribution in [3.8, 4) is 11.8 Å². The van der Waals surface area contributed by atoms with Crippen LogP contribution in [0.1, 0.15) is 37.0 Å². The van der Waals surface area contributed by atoms with Gasteiger partial charge in [-0.2, -0.15) is 9.57 Å². The van der Waals surface area contributed by atoms with E-state index < -0.39 is 45.6 Å². The highest BCUT2D eigenvalue weighted by atomic mass is 32.2. The Morgan fingerprint density at radius 3 is 2.52 bits per heavy atom. The number of aliphatic hydroxyl groups excluding tert-OH is 1. The third-order valence-electron chi connectivity index (χ3n) is 8.50. The Kier molecular flexibility index (Phi) is 12.0. The minimum Gasteiger partial charge on any atom is -0.489 e. The lowest BCUT2D eigenvalue weighted by atomic mass is 10.0. The Morgan fingerprint density at radius 1 is 1.10 bits per heavy atom. The molecule has 2 saturated heterocycles. The van der Waals surface area contributed by atoms with Gasteiger partial charge >= 0.3 is 6.09 Å². The molecule has 0 aliphatic carbocycles. The molecule has 266 valence electrons. The number of benzene rings is 3. The van der Waals surface area contributed by atoms with Gasteiger partial charge in [-0.25, -0.2) is 13.2 Å². The van der Waals surface area contributed by atoms with Crippen molar-refractivity contribution in [2.24, 2.45) is 11.8 Å².